The molecule has 2 aromatic heterocycles. The van der Waals surface area contributed by atoms with E-state index in [9.17, 15) is 27.2 Å². The Bertz CT molecular complexity index is 1880. The highest BCUT2D eigenvalue weighted by Gasteiger charge is 2.42. The van der Waals surface area contributed by atoms with Crippen LogP contribution in [0.3, 0.4) is 0 Å². The van der Waals surface area contributed by atoms with Crippen molar-refractivity contribution in [3.05, 3.63) is 83.7 Å². The Morgan fingerprint density at radius 1 is 0.614 bits per heavy atom. The number of alkyl halides is 4. The maximum absolute atomic E-state index is 13.7. The Labute approximate surface area is 332 Å². The summed E-state index contributed by atoms with van der Waals surface area (Å²) in [6, 6.07) is 16.2. The molecular formula is C45H56F4N6O2. The monoisotopic (exact) mass is 788 g/mol. The van der Waals surface area contributed by atoms with Crippen LogP contribution in [0.25, 0.3) is 22.5 Å². The van der Waals surface area contributed by atoms with E-state index in [0.717, 1.165) is 28.9 Å². The van der Waals surface area contributed by atoms with Crippen LogP contribution in [0.2, 0.25) is 0 Å². The van der Waals surface area contributed by atoms with E-state index in [-0.39, 0.29) is 74.0 Å². The van der Waals surface area contributed by atoms with Gasteiger partial charge in [0, 0.05) is 37.5 Å². The lowest BCUT2D eigenvalue weighted by Crippen LogP contribution is -2.42. The molecule has 0 saturated heterocycles. The molecule has 12 heteroatoms. The molecule has 0 aliphatic heterocycles. The number of rotatable bonds is 10. The van der Waals surface area contributed by atoms with Gasteiger partial charge in [-0.1, -0.05) is 90.1 Å². The summed E-state index contributed by atoms with van der Waals surface area (Å²) in [7, 11) is 0. The molecule has 2 heterocycles. The molecule has 3 fully saturated rings. The summed E-state index contributed by atoms with van der Waals surface area (Å²) >= 11 is 0. The molecule has 3 aliphatic rings. The van der Waals surface area contributed by atoms with Crippen LogP contribution in [0.1, 0.15) is 146 Å². The van der Waals surface area contributed by atoms with Crippen LogP contribution in [0.4, 0.5) is 17.6 Å². The van der Waals surface area contributed by atoms with Gasteiger partial charge in [0.1, 0.15) is 11.6 Å². The molecule has 2 amide bonds. The number of carbonyl (C=O) groups excluding carboxylic acids is 2. The normalized spacial score (nSPS) is 22.4. The minimum Gasteiger partial charge on any atom is -0.345 e. The fraction of sp³-hybridized carbons (Fsp3) is 0.556. The summed E-state index contributed by atoms with van der Waals surface area (Å²) in [5, 5.41) is 6.23. The maximum atomic E-state index is 13.7. The lowest BCUT2D eigenvalue weighted by molar-refractivity contribution is -0.131. The van der Waals surface area contributed by atoms with Crippen molar-refractivity contribution >= 4 is 11.8 Å². The number of hydrogen-bond donors (Lipinski definition) is 4. The van der Waals surface area contributed by atoms with Gasteiger partial charge in [-0.15, -0.1) is 0 Å². The second-order valence-corrected chi connectivity index (χ2v) is 18.9. The number of halogens is 4. The summed E-state index contributed by atoms with van der Waals surface area (Å²) < 4.78 is 54.8. The summed E-state index contributed by atoms with van der Waals surface area (Å²) in [4.78, 5) is 42.4. The second-order valence-electron chi connectivity index (χ2n) is 18.9. The standard InChI is InChI=1S/C45H56F4N6O2/c1-42(2,3)36(54-40(56)30-15-19-44(46,47)20-16-30)38-50-24-34(52-38)28-11-7-26(8-12-28)32-23-33(32)27-9-13-29(14-10-27)35-25-51-39(53-35)37(43(4,5)6)55-41(57)31-17-21-45(48,49)22-18-31/h7-14,24-25,30-33,36-37H,15-23H2,1-6H3,(H,50,52)(H,51,53)(H,54,56)(H,55,57)/t32-,33-,36+,37+/m0/s1. The topological polar surface area (TPSA) is 116 Å². The van der Waals surface area contributed by atoms with Gasteiger partial charge in [0.25, 0.3) is 0 Å². The van der Waals surface area contributed by atoms with Crippen molar-refractivity contribution in [2.75, 3.05) is 0 Å². The molecule has 0 radical (unpaired) electrons. The zero-order valence-electron chi connectivity index (χ0n) is 33.8. The van der Waals surface area contributed by atoms with E-state index in [2.05, 4.69) is 79.1 Å². The number of amides is 2. The lowest BCUT2D eigenvalue weighted by atomic mass is 9.83. The number of imidazole rings is 2. The number of aromatic nitrogens is 4. The van der Waals surface area contributed by atoms with Gasteiger partial charge in [-0.3, -0.25) is 9.59 Å². The maximum Gasteiger partial charge on any atom is 0.248 e. The number of nitrogens with one attached hydrogen (secondary N) is 4. The number of benzene rings is 2. The molecule has 4 N–H and O–H groups in total. The van der Waals surface area contributed by atoms with Gasteiger partial charge in [-0.05, 0) is 77.0 Å². The fourth-order valence-electron chi connectivity index (χ4n) is 8.53. The number of H-pyrrole nitrogens is 2. The third-order valence-corrected chi connectivity index (χ3v) is 12.3. The Morgan fingerprint density at radius 2 is 0.947 bits per heavy atom. The molecule has 0 spiro atoms. The Balaban J connectivity index is 0.960. The predicted octanol–water partition coefficient (Wildman–Crippen LogP) is 10.8. The van der Waals surface area contributed by atoms with Crippen molar-refractivity contribution in [2.24, 2.45) is 22.7 Å². The molecule has 8 nitrogen and oxygen atoms in total. The first-order valence-corrected chi connectivity index (χ1v) is 20.4. The number of aromatic amines is 2. The minimum atomic E-state index is -2.68. The number of nitrogens with zero attached hydrogens (tertiary/aromatic N) is 2. The average Bonchev–Trinajstić information content (AvgIpc) is 3.53. The van der Waals surface area contributed by atoms with Crippen molar-refractivity contribution in [1.82, 2.24) is 30.6 Å². The smallest absolute Gasteiger partial charge is 0.248 e. The van der Waals surface area contributed by atoms with Crippen LogP contribution in [0.5, 0.6) is 0 Å². The molecule has 57 heavy (non-hydrogen) atoms. The quantitative estimate of drug-likeness (QED) is 0.120. The highest BCUT2D eigenvalue weighted by molar-refractivity contribution is 5.80. The summed E-state index contributed by atoms with van der Waals surface area (Å²) in [5.41, 5.74) is 5.47. The van der Waals surface area contributed by atoms with E-state index >= 15 is 0 Å². The molecule has 3 aliphatic carbocycles. The molecule has 306 valence electrons. The third kappa shape index (κ3) is 9.47. The van der Waals surface area contributed by atoms with Crippen LogP contribution in [0.15, 0.2) is 60.9 Å². The summed E-state index contributed by atoms with van der Waals surface area (Å²) in [5.74, 6) is -4.50. The highest BCUT2D eigenvalue weighted by Crippen LogP contribution is 2.55. The van der Waals surface area contributed by atoms with Crippen molar-refractivity contribution in [3.8, 4) is 22.5 Å². The Hall–Kier alpha value is -4.48. The van der Waals surface area contributed by atoms with Gasteiger partial charge in [0.15, 0.2) is 0 Å². The van der Waals surface area contributed by atoms with Gasteiger partial charge in [-0.2, -0.15) is 0 Å². The van der Waals surface area contributed by atoms with E-state index < -0.39 is 35.8 Å². The largest absolute Gasteiger partial charge is 0.345 e. The zero-order chi connectivity index (χ0) is 40.9. The van der Waals surface area contributed by atoms with Crippen molar-refractivity contribution in [3.63, 3.8) is 0 Å². The predicted molar refractivity (Wildman–Crippen MR) is 213 cm³/mol. The van der Waals surface area contributed by atoms with Crippen LogP contribution >= 0.6 is 0 Å². The van der Waals surface area contributed by atoms with Crippen LogP contribution < -0.4 is 10.6 Å². The number of carbonyl (C=O) groups is 2. The third-order valence-electron chi connectivity index (χ3n) is 12.3. The van der Waals surface area contributed by atoms with Crippen molar-refractivity contribution in [1.29, 1.82) is 0 Å². The van der Waals surface area contributed by atoms with Crippen molar-refractivity contribution < 1.29 is 27.2 Å². The molecular weight excluding hydrogens is 733 g/mol. The van der Waals surface area contributed by atoms with Gasteiger partial charge < -0.3 is 20.6 Å². The molecule has 2 aromatic carbocycles. The lowest BCUT2D eigenvalue weighted by Gasteiger charge is -2.33. The average molecular weight is 789 g/mol. The first kappa shape index (κ1) is 40.7. The molecule has 7 rings (SSSR count). The van der Waals surface area contributed by atoms with Gasteiger partial charge in [0.05, 0.1) is 35.9 Å². The van der Waals surface area contributed by atoms with Crippen molar-refractivity contribution in [2.45, 2.75) is 135 Å². The highest BCUT2D eigenvalue weighted by atomic mass is 19.3. The minimum absolute atomic E-state index is 0.185. The number of hydrogen-bond acceptors (Lipinski definition) is 4. The van der Waals surface area contributed by atoms with E-state index in [4.69, 9.17) is 0 Å². The first-order chi connectivity index (χ1) is 26.8. The molecule has 3 saturated carbocycles. The Morgan fingerprint density at radius 3 is 1.26 bits per heavy atom. The van der Waals surface area contributed by atoms with Gasteiger partial charge >= 0.3 is 0 Å². The summed E-state index contributed by atoms with van der Waals surface area (Å²) in [6.07, 6.45) is 4.34. The van der Waals surface area contributed by atoms with Gasteiger partial charge in [-0.25, -0.2) is 27.5 Å². The van der Waals surface area contributed by atoms with Gasteiger partial charge in [0.2, 0.25) is 23.7 Å². The zero-order valence-corrected chi connectivity index (χ0v) is 33.8. The Kier molecular flexibility index (Phi) is 11.0. The summed E-state index contributed by atoms with van der Waals surface area (Å²) in [6.45, 7) is 12.2. The van der Waals surface area contributed by atoms with E-state index in [1.807, 2.05) is 41.5 Å². The van der Waals surface area contributed by atoms with Crippen LogP contribution in [0, 0.1) is 22.7 Å². The van der Waals surface area contributed by atoms with E-state index in [0.29, 0.717) is 23.5 Å². The SMILES string of the molecule is CC(C)(C)[C@H](NC(=O)C1CCC(F)(F)CC1)c1ncc(-c2ccc([C@@H]3C[C@H]3c3ccc(-c4cnc([C@@H](NC(=O)C5CCC(F)(F)CC5)C(C)(C)C)[nH]4)cc3)cc2)[nH]1. The van der Waals surface area contributed by atoms with E-state index in [1.165, 1.54) is 11.1 Å². The molecule has 4 aromatic rings. The fourth-order valence-corrected chi connectivity index (χ4v) is 8.53. The van der Waals surface area contributed by atoms with E-state index in [1.54, 1.807) is 12.4 Å². The molecule has 4 atom stereocenters. The molecule has 0 bridgehead atoms. The molecule has 0 unspecified atom stereocenters. The van der Waals surface area contributed by atoms with Crippen LogP contribution in [-0.4, -0.2) is 43.6 Å². The van der Waals surface area contributed by atoms with Crippen LogP contribution in [-0.2, 0) is 9.59 Å². The second kappa shape index (κ2) is 15.4. The first-order valence-electron chi connectivity index (χ1n) is 20.4.